The van der Waals surface area contributed by atoms with E-state index < -0.39 is 0 Å². The van der Waals surface area contributed by atoms with Crippen LogP contribution >= 0.6 is 0 Å². The van der Waals surface area contributed by atoms with Crippen molar-refractivity contribution in [3.63, 3.8) is 0 Å². The molecule has 0 atom stereocenters. The van der Waals surface area contributed by atoms with Gasteiger partial charge in [0.2, 0.25) is 0 Å². The van der Waals surface area contributed by atoms with Crippen LogP contribution in [0.25, 0.3) is 18.2 Å². The first-order valence-electron chi connectivity index (χ1n) is 14.5. The highest BCUT2D eigenvalue weighted by atomic mass is 14.0. The van der Waals surface area contributed by atoms with E-state index in [1.165, 1.54) is 44.5 Å². The van der Waals surface area contributed by atoms with Crippen LogP contribution in [-0.4, -0.2) is 0 Å². The van der Waals surface area contributed by atoms with E-state index in [4.69, 9.17) is 0 Å². The molecule has 0 spiro atoms. The highest BCUT2D eigenvalue weighted by Crippen LogP contribution is 2.10. The van der Waals surface area contributed by atoms with Gasteiger partial charge < -0.3 is 0 Å². The lowest BCUT2D eigenvalue weighted by molar-refractivity contribution is 1.45. The van der Waals surface area contributed by atoms with Crippen LogP contribution in [0.15, 0.2) is 127 Å². The summed E-state index contributed by atoms with van der Waals surface area (Å²) in [6.07, 6.45) is 8.43. The second kappa shape index (κ2) is 17.1. The van der Waals surface area contributed by atoms with Crippen molar-refractivity contribution in [1.82, 2.24) is 0 Å². The molecule has 0 heterocycles. The molecule has 210 valence electrons. The minimum atomic E-state index is 1.06. The summed E-state index contributed by atoms with van der Waals surface area (Å²) in [5.41, 5.74) is 12.3. The highest BCUT2D eigenvalue weighted by Gasteiger charge is 1.90. The Kier molecular flexibility index (Phi) is 12.9. The number of allylic oxidation sites excluding steroid dienone is 1. The SMILES string of the molecule is C/C=C/c1ccc(C)cc1.Cc1ccc(/C=C/c2ccc(C)cc2)cc1.Cc1ccc(C#Cc2ccc(C)cc2)cc1. The predicted octanol–water partition coefficient (Wildman–Crippen LogP) is 11.2. The Morgan fingerprint density at radius 3 is 0.833 bits per heavy atom. The molecule has 0 aliphatic rings. The summed E-state index contributed by atoms with van der Waals surface area (Å²) in [5.74, 6) is 6.32. The molecule has 0 amide bonds. The Morgan fingerprint density at radius 2 is 0.571 bits per heavy atom. The fourth-order valence-electron chi connectivity index (χ4n) is 3.84. The summed E-state index contributed by atoms with van der Waals surface area (Å²) in [4.78, 5) is 0. The largest absolute Gasteiger partial charge is 0.0871 e. The van der Waals surface area contributed by atoms with Gasteiger partial charge in [0.1, 0.15) is 0 Å². The first kappa shape index (κ1) is 31.7. The van der Waals surface area contributed by atoms with E-state index in [1.54, 1.807) is 0 Å². The van der Waals surface area contributed by atoms with Crippen molar-refractivity contribution in [2.45, 2.75) is 41.5 Å². The zero-order valence-corrected chi connectivity index (χ0v) is 25.9. The van der Waals surface area contributed by atoms with Crippen LogP contribution in [0.1, 0.15) is 62.6 Å². The summed E-state index contributed by atoms with van der Waals surface area (Å²) in [6.45, 7) is 12.5. The van der Waals surface area contributed by atoms with Crippen molar-refractivity contribution in [3.8, 4) is 11.8 Å². The highest BCUT2D eigenvalue weighted by molar-refractivity contribution is 5.69. The zero-order chi connectivity index (χ0) is 30.2. The van der Waals surface area contributed by atoms with E-state index >= 15 is 0 Å². The maximum atomic E-state index is 3.16. The summed E-state index contributed by atoms with van der Waals surface area (Å²) in [5, 5.41) is 0. The van der Waals surface area contributed by atoms with Crippen molar-refractivity contribution >= 4 is 18.2 Å². The summed E-state index contributed by atoms with van der Waals surface area (Å²) >= 11 is 0. The molecule has 0 aromatic heterocycles. The lowest BCUT2D eigenvalue weighted by Crippen LogP contribution is -1.77. The number of hydrogen-bond acceptors (Lipinski definition) is 0. The van der Waals surface area contributed by atoms with Crippen LogP contribution in [-0.2, 0) is 0 Å². The Labute approximate surface area is 254 Å². The molecule has 0 aliphatic heterocycles. The zero-order valence-electron chi connectivity index (χ0n) is 25.9. The Balaban J connectivity index is 0.000000178. The molecule has 0 saturated carbocycles. The third-order valence-electron chi connectivity index (χ3n) is 6.51. The number of rotatable bonds is 3. The fourth-order valence-corrected chi connectivity index (χ4v) is 3.84. The molecule has 0 fully saturated rings. The fraction of sp³-hybridized carbons (Fsp3) is 0.143. The third-order valence-corrected chi connectivity index (χ3v) is 6.51. The summed E-state index contributed by atoms with van der Waals surface area (Å²) in [7, 11) is 0. The molecular formula is C42H42. The van der Waals surface area contributed by atoms with Gasteiger partial charge in [-0.3, -0.25) is 0 Å². The molecular weight excluding hydrogens is 504 g/mol. The number of hydrogen-bond donors (Lipinski definition) is 0. The van der Waals surface area contributed by atoms with E-state index in [0.29, 0.717) is 0 Å². The van der Waals surface area contributed by atoms with Gasteiger partial charge in [0.05, 0.1) is 0 Å². The minimum Gasteiger partial charge on any atom is -0.0871 e. The molecule has 0 N–H and O–H groups in total. The van der Waals surface area contributed by atoms with Crippen molar-refractivity contribution < 1.29 is 0 Å². The molecule has 5 rings (SSSR count). The van der Waals surface area contributed by atoms with E-state index in [1.807, 2.05) is 13.0 Å². The van der Waals surface area contributed by atoms with Gasteiger partial charge in [-0.25, -0.2) is 0 Å². The first-order valence-corrected chi connectivity index (χ1v) is 14.5. The van der Waals surface area contributed by atoms with Crippen molar-refractivity contribution in [2.24, 2.45) is 0 Å². The summed E-state index contributed by atoms with van der Waals surface area (Å²) < 4.78 is 0. The van der Waals surface area contributed by atoms with Gasteiger partial charge in [0, 0.05) is 11.1 Å². The molecule has 0 unspecified atom stereocenters. The number of benzene rings is 5. The summed E-state index contributed by atoms with van der Waals surface area (Å²) in [6, 6.07) is 42.1. The third kappa shape index (κ3) is 12.1. The van der Waals surface area contributed by atoms with Crippen LogP contribution in [0.5, 0.6) is 0 Å². The monoisotopic (exact) mass is 546 g/mol. The van der Waals surface area contributed by atoms with Crippen molar-refractivity contribution in [3.05, 3.63) is 183 Å². The maximum absolute atomic E-state index is 3.16. The predicted molar refractivity (Wildman–Crippen MR) is 186 cm³/mol. The Hall–Kier alpha value is -4.86. The van der Waals surface area contributed by atoms with Crippen LogP contribution in [0, 0.1) is 46.5 Å². The van der Waals surface area contributed by atoms with E-state index in [-0.39, 0.29) is 0 Å². The van der Waals surface area contributed by atoms with Gasteiger partial charge in [0.15, 0.2) is 0 Å². The molecule has 5 aromatic rings. The minimum absolute atomic E-state index is 1.06. The first-order chi connectivity index (χ1) is 20.3. The van der Waals surface area contributed by atoms with Gasteiger partial charge in [-0.15, -0.1) is 0 Å². The molecule has 0 heteroatoms. The molecule has 0 aliphatic carbocycles. The van der Waals surface area contributed by atoms with Gasteiger partial charge in [-0.1, -0.05) is 161 Å². The molecule has 5 aromatic carbocycles. The quantitative estimate of drug-likeness (QED) is 0.156. The van der Waals surface area contributed by atoms with Gasteiger partial charge in [0.25, 0.3) is 0 Å². The van der Waals surface area contributed by atoms with E-state index in [9.17, 15) is 0 Å². The van der Waals surface area contributed by atoms with Crippen molar-refractivity contribution in [2.75, 3.05) is 0 Å². The second-order valence-electron chi connectivity index (χ2n) is 10.5. The lowest BCUT2D eigenvalue weighted by Gasteiger charge is -1.96. The molecule has 0 radical (unpaired) electrons. The second-order valence-corrected chi connectivity index (χ2v) is 10.5. The molecule has 0 bridgehead atoms. The lowest BCUT2D eigenvalue weighted by atomic mass is 10.1. The van der Waals surface area contributed by atoms with Gasteiger partial charge >= 0.3 is 0 Å². The standard InChI is InChI=1S/C16H16.C16H14.C10H12/c2*1-13-3-7-15(8-4-13)11-12-16-9-5-14(2)6-10-16;1-3-4-10-7-5-9(2)6-8-10/h3-12H,1-2H3;3-10H,1-2H3;3-8H,1-2H3/b12-11+;;4-3+. The topological polar surface area (TPSA) is 0 Å². The van der Waals surface area contributed by atoms with Crippen LogP contribution in [0.3, 0.4) is 0 Å². The molecule has 0 nitrogen and oxygen atoms in total. The smallest absolute Gasteiger partial charge is 0.0249 e. The number of aryl methyl sites for hydroxylation is 5. The molecule has 42 heavy (non-hydrogen) atoms. The maximum Gasteiger partial charge on any atom is 0.0249 e. The van der Waals surface area contributed by atoms with Gasteiger partial charge in [-0.2, -0.15) is 0 Å². The van der Waals surface area contributed by atoms with Crippen LogP contribution in [0.4, 0.5) is 0 Å². The van der Waals surface area contributed by atoms with E-state index in [0.717, 1.165) is 11.1 Å². The molecule has 0 saturated heterocycles. The Bertz CT molecular complexity index is 1500. The average Bonchev–Trinajstić information content (AvgIpc) is 3.00. The average molecular weight is 547 g/mol. The van der Waals surface area contributed by atoms with Crippen LogP contribution < -0.4 is 0 Å². The van der Waals surface area contributed by atoms with Crippen LogP contribution in [0.2, 0.25) is 0 Å². The van der Waals surface area contributed by atoms with Crippen molar-refractivity contribution in [1.29, 1.82) is 0 Å². The van der Waals surface area contributed by atoms with E-state index in [2.05, 4.69) is 186 Å². The van der Waals surface area contributed by atoms with Gasteiger partial charge in [-0.05, 0) is 82.5 Å². The normalized spacial score (nSPS) is 10.2. The Morgan fingerprint density at radius 1 is 0.333 bits per heavy atom.